The lowest BCUT2D eigenvalue weighted by molar-refractivity contribution is -0.138. The maximum Gasteiger partial charge on any atom is 0.320 e. The highest BCUT2D eigenvalue weighted by Gasteiger charge is 2.42. The van der Waals surface area contributed by atoms with E-state index >= 15 is 0 Å². The zero-order chi connectivity index (χ0) is 20.1. The average Bonchev–Trinajstić information content (AvgIpc) is 3.19. The largest absolute Gasteiger partial charge is 0.480 e. The summed E-state index contributed by atoms with van der Waals surface area (Å²) in [6.45, 7) is 0. The summed E-state index contributed by atoms with van der Waals surface area (Å²) in [6, 6.07) is 6.10. The third-order valence-electron chi connectivity index (χ3n) is 4.99. The number of carboxylic acids is 1. The van der Waals surface area contributed by atoms with Crippen LogP contribution in [0.2, 0.25) is 0 Å². The summed E-state index contributed by atoms with van der Waals surface area (Å²) >= 11 is 1.87. The number of hydrogen-bond donors (Lipinski definition) is 4. The maximum atomic E-state index is 12.0. The van der Waals surface area contributed by atoms with Crippen LogP contribution in [0.4, 0.5) is 4.79 Å². The second kappa shape index (κ2) is 9.29. The van der Waals surface area contributed by atoms with Gasteiger partial charge in [-0.25, -0.2) is 4.79 Å². The number of carbonyl (C=O) groups is 3. The summed E-state index contributed by atoms with van der Waals surface area (Å²) in [5.74, 6) is 0.0340. The molecule has 4 atom stereocenters. The first kappa shape index (κ1) is 20.5. The van der Waals surface area contributed by atoms with Crippen molar-refractivity contribution in [3.05, 3.63) is 29.8 Å². The first-order valence-corrected chi connectivity index (χ1v) is 10.4. The third kappa shape index (κ3) is 5.39. The van der Waals surface area contributed by atoms with Crippen LogP contribution in [0, 0.1) is 0 Å². The number of unbranched alkanes of at least 4 members (excludes halogenated alkanes) is 1. The van der Waals surface area contributed by atoms with Crippen molar-refractivity contribution in [3.8, 4) is 5.75 Å². The van der Waals surface area contributed by atoms with Gasteiger partial charge < -0.3 is 26.2 Å². The molecule has 2 aliphatic heterocycles. The highest BCUT2D eigenvalue weighted by atomic mass is 32.2. The van der Waals surface area contributed by atoms with Gasteiger partial charge in [-0.15, -0.1) is 0 Å². The van der Waals surface area contributed by atoms with E-state index in [0.29, 0.717) is 17.4 Å². The van der Waals surface area contributed by atoms with E-state index in [1.165, 1.54) is 0 Å². The molecule has 0 bridgehead atoms. The molecule has 3 rings (SSSR count). The first-order valence-electron chi connectivity index (χ1n) is 9.39. The Balaban J connectivity index is 1.34. The predicted molar refractivity (Wildman–Crippen MR) is 105 cm³/mol. The van der Waals surface area contributed by atoms with Gasteiger partial charge in [0, 0.05) is 17.4 Å². The molecular formula is C19H25N3O5S. The van der Waals surface area contributed by atoms with E-state index in [2.05, 4.69) is 10.6 Å². The molecule has 0 aliphatic carbocycles. The molecule has 0 spiro atoms. The molecule has 2 aliphatic rings. The Kier molecular flexibility index (Phi) is 6.79. The molecule has 2 heterocycles. The third-order valence-corrected chi connectivity index (χ3v) is 6.49. The van der Waals surface area contributed by atoms with Crippen molar-refractivity contribution in [1.82, 2.24) is 10.6 Å². The molecule has 0 radical (unpaired) electrons. The number of aliphatic carboxylic acids is 1. The molecule has 0 unspecified atom stereocenters. The highest BCUT2D eigenvalue weighted by molar-refractivity contribution is 8.00. The number of urea groups is 1. The normalized spacial score (nSPS) is 24.2. The van der Waals surface area contributed by atoms with Gasteiger partial charge in [0.25, 0.3) is 0 Å². The summed E-state index contributed by atoms with van der Waals surface area (Å²) in [7, 11) is 0. The maximum absolute atomic E-state index is 12.0. The lowest BCUT2D eigenvalue weighted by Gasteiger charge is -2.16. The summed E-state index contributed by atoms with van der Waals surface area (Å²) in [6.07, 6.45) is 3.15. The fourth-order valence-electron chi connectivity index (χ4n) is 3.48. The van der Waals surface area contributed by atoms with Crippen molar-refractivity contribution in [2.45, 2.75) is 55.5 Å². The topological polar surface area (TPSA) is 131 Å². The van der Waals surface area contributed by atoms with Gasteiger partial charge in [-0.1, -0.05) is 18.6 Å². The molecule has 9 heteroatoms. The molecule has 28 heavy (non-hydrogen) atoms. The molecule has 1 aromatic carbocycles. The van der Waals surface area contributed by atoms with E-state index in [1.54, 1.807) is 24.3 Å². The Labute approximate surface area is 167 Å². The average molecular weight is 407 g/mol. The van der Waals surface area contributed by atoms with E-state index in [1.807, 2.05) is 11.8 Å². The number of nitrogens with two attached hydrogens (primary N) is 1. The molecule has 1 aromatic rings. The Bertz CT molecular complexity index is 727. The molecule has 2 saturated heterocycles. The second-order valence-electron chi connectivity index (χ2n) is 7.13. The lowest BCUT2D eigenvalue weighted by atomic mass is 10.0. The van der Waals surface area contributed by atoms with Crippen molar-refractivity contribution < 1.29 is 24.2 Å². The predicted octanol–water partition coefficient (Wildman–Crippen LogP) is 1.27. The van der Waals surface area contributed by atoms with Gasteiger partial charge in [0.2, 0.25) is 0 Å². The minimum atomic E-state index is -1.05. The second-order valence-corrected chi connectivity index (χ2v) is 8.41. The quantitative estimate of drug-likeness (QED) is 0.210. The Morgan fingerprint density at radius 3 is 2.71 bits per heavy atom. The highest BCUT2D eigenvalue weighted by Crippen LogP contribution is 2.33. The molecule has 2 fully saturated rings. The van der Waals surface area contributed by atoms with Crippen LogP contribution in [0.3, 0.4) is 0 Å². The van der Waals surface area contributed by atoms with Gasteiger partial charge in [-0.3, -0.25) is 9.59 Å². The smallest absolute Gasteiger partial charge is 0.320 e. The summed E-state index contributed by atoms with van der Waals surface area (Å²) < 4.78 is 5.32. The minimum absolute atomic E-state index is 0.0835. The van der Waals surface area contributed by atoms with E-state index in [4.69, 9.17) is 15.6 Å². The Morgan fingerprint density at radius 1 is 1.25 bits per heavy atom. The van der Waals surface area contributed by atoms with Crippen LogP contribution < -0.4 is 21.1 Å². The molecular weight excluding hydrogens is 382 g/mol. The van der Waals surface area contributed by atoms with Gasteiger partial charge >= 0.3 is 18.0 Å². The number of carboxylic acid groups (broad SMARTS) is 1. The molecule has 5 N–H and O–H groups in total. The number of ether oxygens (including phenoxy) is 1. The monoisotopic (exact) mass is 407 g/mol. The summed E-state index contributed by atoms with van der Waals surface area (Å²) in [5, 5.41) is 15.1. The van der Waals surface area contributed by atoms with E-state index < -0.39 is 12.0 Å². The van der Waals surface area contributed by atoms with Crippen LogP contribution in [-0.2, 0) is 16.0 Å². The molecule has 8 nitrogen and oxygen atoms in total. The van der Waals surface area contributed by atoms with Crippen molar-refractivity contribution in [3.63, 3.8) is 0 Å². The number of hydrogen-bond acceptors (Lipinski definition) is 6. The minimum Gasteiger partial charge on any atom is -0.480 e. The number of nitrogens with one attached hydrogen (secondary N) is 2. The molecule has 0 aromatic heterocycles. The van der Waals surface area contributed by atoms with E-state index in [9.17, 15) is 14.4 Å². The Hall–Kier alpha value is -2.26. The molecule has 152 valence electrons. The van der Waals surface area contributed by atoms with Crippen LogP contribution in [0.15, 0.2) is 24.3 Å². The van der Waals surface area contributed by atoms with Crippen molar-refractivity contribution in [2.24, 2.45) is 5.73 Å². The van der Waals surface area contributed by atoms with E-state index in [-0.39, 0.29) is 30.5 Å². The SMILES string of the molecule is N[C@@H](Cc1ccc(OC(=O)CCCC[C@@H]2SC[C@@H]3NC(=O)N[C@@H]32)cc1)C(=O)O. The Morgan fingerprint density at radius 2 is 2.00 bits per heavy atom. The number of carbonyl (C=O) groups excluding carboxylic acids is 2. The van der Waals surface area contributed by atoms with Crippen LogP contribution >= 0.6 is 11.8 Å². The van der Waals surface area contributed by atoms with Crippen molar-refractivity contribution in [2.75, 3.05) is 5.75 Å². The van der Waals surface area contributed by atoms with Crippen LogP contribution in [0.25, 0.3) is 0 Å². The fourth-order valence-corrected chi connectivity index (χ4v) is 5.02. The number of fused-ring (bicyclic) bond motifs is 1. The summed E-state index contributed by atoms with van der Waals surface area (Å²) in [4.78, 5) is 34.1. The van der Waals surface area contributed by atoms with Crippen LogP contribution in [0.5, 0.6) is 5.75 Å². The number of amides is 2. The van der Waals surface area contributed by atoms with Gasteiger partial charge in [-0.05, 0) is 37.0 Å². The first-order chi connectivity index (χ1) is 13.4. The van der Waals surface area contributed by atoms with E-state index in [0.717, 1.165) is 30.6 Å². The van der Waals surface area contributed by atoms with Gasteiger partial charge in [0.1, 0.15) is 11.8 Å². The standard InChI is InChI=1S/C19H25N3O5S/c20-13(18(24)25)9-11-5-7-12(8-6-11)27-16(23)4-2-1-3-15-17-14(10-28-15)21-19(26)22-17/h5-8,13-15,17H,1-4,9-10,20H2,(H,24,25)(H2,21,22,26)/t13-,14-,15-,17-/m0/s1. The molecule has 2 amide bonds. The van der Waals surface area contributed by atoms with Crippen LogP contribution in [0.1, 0.15) is 31.2 Å². The van der Waals surface area contributed by atoms with Gasteiger partial charge in [-0.2, -0.15) is 11.8 Å². The van der Waals surface area contributed by atoms with Gasteiger partial charge in [0.15, 0.2) is 0 Å². The zero-order valence-corrected chi connectivity index (χ0v) is 16.2. The lowest BCUT2D eigenvalue weighted by Crippen LogP contribution is -2.36. The van der Waals surface area contributed by atoms with Gasteiger partial charge in [0.05, 0.1) is 12.1 Å². The fraction of sp³-hybridized carbons (Fsp3) is 0.526. The summed E-state index contributed by atoms with van der Waals surface area (Å²) in [5.41, 5.74) is 6.28. The zero-order valence-electron chi connectivity index (χ0n) is 15.4. The number of esters is 1. The number of thioether (sulfide) groups is 1. The number of benzene rings is 1. The van der Waals surface area contributed by atoms with Crippen molar-refractivity contribution >= 4 is 29.7 Å². The molecule has 0 saturated carbocycles. The van der Waals surface area contributed by atoms with Crippen molar-refractivity contribution in [1.29, 1.82) is 0 Å². The number of rotatable bonds is 9. The van der Waals surface area contributed by atoms with Crippen LogP contribution in [-0.4, -0.2) is 52.2 Å².